The Morgan fingerprint density at radius 2 is 1.82 bits per heavy atom. The second kappa shape index (κ2) is 8.41. The lowest BCUT2D eigenvalue weighted by atomic mass is 9.85. The van der Waals surface area contributed by atoms with E-state index in [2.05, 4.69) is 45.4 Å². The topological polar surface area (TPSA) is 37.0 Å². The maximum Gasteiger partial charge on any atom is 0.0839 e. The molecule has 2 unspecified atom stereocenters. The highest BCUT2D eigenvalue weighted by Crippen LogP contribution is 2.38. The average molecular weight is 386 g/mol. The summed E-state index contributed by atoms with van der Waals surface area (Å²) in [6.07, 6.45) is 6.47. The highest BCUT2D eigenvalue weighted by Gasteiger charge is 2.47. The minimum absolute atomic E-state index is 0.0871. The smallest absolute Gasteiger partial charge is 0.0839 e. The van der Waals surface area contributed by atoms with Crippen molar-refractivity contribution in [1.29, 1.82) is 0 Å². The van der Waals surface area contributed by atoms with Gasteiger partial charge in [-0.25, -0.2) is 0 Å². The normalized spacial score (nSPS) is 37.2. The quantitative estimate of drug-likeness (QED) is 0.861. The lowest BCUT2D eigenvalue weighted by molar-refractivity contribution is -0.138. The van der Waals surface area contributed by atoms with Crippen LogP contribution >= 0.6 is 0 Å². The Labute approximate surface area is 169 Å². The predicted octanol–water partition coefficient (Wildman–Crippen LogP) is 2.26. The average Bonchev–Trinajstić information content (AvgIpc) is 2.90. The number of rotatable bonds is 4. The van der Waals surface area contributed by atoms with Gasteiger partial charge in [0, 0.05) is 58.0 Å². The van der Waals surface area contributed by atoms with Crippen molar-refractivity contribution in [1.82, 2.24) is 15.1 Å². The van der Waals surface area contributed by atoms with Crippen molar-refractivity contribution in [2.45, 2.75) is 62.4 Å². The Kier molecular flexibility index (Phi) is 5.71. The summed E-state index contributed by atoms with van der Waals surface area (Å²) in [6, 6.07) is 12.2. The van der Waals surface area contributed by atoms with E-state index in [-0.39, 0.29) is 5.60 Å². The molecule has 0 saturated carbocycles. The van der Waals surface area contributed by atoms with Gasteiger partial charge in [0.25, 0.3) is 0 Å². The van der Waals surface area contributed by atoms with Gasteiger partial charge >= 0.3 is 0 Å². The van der Waals surface area contributed by atoms with E-state index in [0.29, 0.717) is 18.2 Å². The van der Waals surface area contributed by atoms with Crippen LogP contribution in [0.1, 0.15) is 37.7 Å². The highest BCUT2D eigenvalue weighted by molar-refractivity contribution is 5.14. The number of nitrogens with zero attached hydrogens (tertiary/aromatic N) is 2. The molecule has 28 heavy (non-hydrogen) atoms. The molecule has 0 aromatic heterocycles. The Morgan fingerprint density at radius 3 is 2.64 bits per heavy atom. The van der Waals surface area contributed by atoms with Crippen molar-refractivity contribution in [3.05, 3.63) is 35.9 Å². The maximum absolute atomic E-state index is 6.40. The lowest BCUT2D eigenvalue weighted by Gasteiger charge is -2.48. The van der Waals surface area contributed by atoms with Crippen LogP contribution < -0.4 is 5.32 Å². The number of benzene rings is 1. The van der Waals surface area contributed by atoms with E-state index in [1.807, 2.05) is 0 Å². The third-order valence-corrected chi connectivity index (χ3v) is 7.04. The molecule has 5 nitrogen and oxygen atoms in total. The number of hydrogen-bond acceptors (Lipinski definition) is 5. The van der Waals surface area contributed by atoms with E-state index in [4.69, 9.17) is 9.47 Å². The van der Waals surface area contributed by atoms with Crippen molar-refractivity contribution >= 4 is 0 Å². The number of piperidine rings is 1. The third kappa shape index (κ3) is 4.44. The molecule has 0 aliphatic carbocycles. The zero-order valence-electron chi connectivity index (χ0n) is 17.0. The first-order valence-electron chi connectivity index (χ1n) is 11.3. The van der Waals surface area contributed by atoms with Crippen LogP contribution in [0.5, 0.6) is 0 Å². The molecule has 4 fully saturated rings. The van der Waals surface area contributed by atoms with E-state index in [0.717, 1.165) is 58.9 Å². The van der Waals surface area contributed by atoms with E-state index < -0.39 is 0 Å². The molecule has 4 heterocycles. The highest BCUT2D eigenvalue weighted by atomic mass is 16.5. The van der Waals surface area contributed by atoms with Crippen molar-refractivity contribution in [3.63, 3.8) is 0 Å². The molecule has 5 rings (SSSR count). The van der Waals surface area contributed by atoms with E-state index >= 15 is 0 Å². The van der Waals surface area contributed by atoms with Crippen LogP contribution in [0.15, 0.2) is 30.3 Å². The summed E-state index contributed by atoms with van der Waals surface area (Å²) < 4.78 is 12.7. The summed E-state index contributed by atoms with van der Waals surface area (Å²) in [5, 5.41) is 3.77. The molecule has 154 valence electrons. The fraction of sp³-hybridized carbons (Fsp3) is 0.739. The fourth-order valence-corrected chi connectivity index (χ4v) is 5.89. The molecule has 0 radical (unpaired) electrons. The molecule has 1 spiro atoms. The van der Waals surface area contributed by atoms with Crippen molar-refractivity contribution < 1.29 is 9.47 Å². The third-order valence-electron chi connectivity index (χ3n) is 7.04. The molecule has 1 N–H and O–H groups in total. The Balaban J connectivity index is 1.19. The second-order valence-electron chi connectivity index (χ2n) is 9.38. The molecule has 4 aliphatic heterocycles. The van der Waals surface area contributed by atoms with Crippen LogP contribution in [0.3, 0.4) is 0 Å². The minimum Gasteiger partial charge on any atom is -0.376 e. The molecule has 1 aromatic rings. The first-order chi connectivity index (χ1) is 13.8. The van der Waals surface area contributed by atoms with Crippen LogP contribution in [0.4, 0.5) is 0 Å². The zero-order valence-corrected chi connectivity index (χ0v) is 17.0. The van der Waals surface area contributed by atoms with E-state index in [1.54, 1.807) is 0 Å². The number of nitrogens with one attached hydrogen (secondary N) is 1. The van der Waals surface area contributed by atoms with Crippen molar-refractivity contribution in [3.8, 4) is 0 Å². The van der Waals surface area contributed by atoms with Gasteiger partial charge in [-0.15, -0.1) is 0 Å². The summed E-state index contributed by atoms with van der Waals surface area (Å²) in [4.78, 5) is 5.21. The summed E-state index contributed by atoms with van der Waals surface area (Å²) in [6.45, 7) is 8.13. The molecule has 1 aromatic carbocycles. The van der Waals surface area contributed by atoms with Crippen LogP contribution in [0, 0.1) is 0 Å². The van der Waals surface area contributed by atoms with Crippen LogP contribution in [-0.4, -0.2) is 79.5 Å². The molecule has 4 atom stereocenters. The minimum atomic E-state index is 0.0871. The van der Waals surface area contributed by atoms with Gasteiger partial charge in [-0.3, -0.25) is 9.80 Å². The number of hydrogen-bond donors (Lipinski definition) is 1. The molecule has 0 amide bonds. The molecular formula is C23H35N3O2. The molecule has 5 heteroatoms. The van der Waals surface area contributed by atoms with Crippen molar-refractivity contribution in [2.24, 2.45) is 0 Å². The summed E-state index contributed by atoms with van der Waals surface area (Å²) >= 11 is 0. The monoisotopic (exact) mass is 385 g/mol. The summed E-state index contributed by atoms with van der Waals surface area (Å²) in [5.41, 5.74) is 1.49. The Bertz CT molecular complexity index is 628. The van der Waals surface area contributed by atoms with Gasteiger partial charge in [-0.2, -0.15) is 0 Å². The first kappa shape index (κ1) is 19.0. The summed E-state index contributed by atoms with van der Waals surface area (Å²) in [5.74, 6) is 0. The second-order valence-corrected chi connectivity index (χ2v) is 9.38. The van der Waals surface area contributed by atoms with Gasteiger partial charge in [-0.1, -0.05) is 30.3 Å². The predicted molar refractivity (Wildman–Crippen MR) is 110 cm³/mol. The zero-order chi connectivity index (χ0) is 18.8. The van der Waals surface area contributed by atoms with Crippen LogP contribution in [-0.2, 0) is 16.0 Å². The molecule has 4 saturated heterocycles. The lowest BCUT2D eigenvalue weighted by Crippen LogP contribution is -2.60. The van der Waals surface area contributed by atoms with Crippen LogP contribution in [0.25, 0.3) is 0 Å². The standard InChI is InChI=1S/C23H35N3O2/c1-2-5-19(6-3-1)15-25-9-4-11-27-22(16-25)17-26-10-12-28-23(18-26)13-20-7-8-21(14-23)24-20/h1-3,5-6,20-22,24H,4,7-18H2/t20-,21+,22?,23?. The number of ether oxygens (including phenoxy) is 2. The van der Waals surface area contributed by atoms with Gasteiger partial charge in [0.15, 0.2) is 0 Å². The molecule has 4 aliphatic rings. The van der Waals surface area contributed by atoms with E-state index in [1.165, 1.54) is 31.2 Å². The molecule has 2 bridgehead atoms. The van der Waals surface area contributed by atoms with Gasteiger partial charge in [0.05, 0.1) is 18.3 Å². The number of fused-ring (bicyclic) bond motifs is 2. The van der Waals surface area contributed by atoms with Gasteiger partial charge in [0.2, 0.25) is 0 Å². The number of morpholine rings is 1. The SMILES string of the molecule is c1ccc(CN2CCCOC(CN3CCOC4(C[C@H]5CC[C@@H](C4)N5)C3)C2)cc1. The van der Waals surface area contributed by atoms with Gasteiger partial charge in [-0.05, 0) is 37.7 Å². The molecular weight excluding hydrogens is 350 g/mol. The van der Waals surface area contributed by atoms with Gasteiger partial charge < -0.3 is 14.8 Å². The Hall–Kier alpha value is -0.980. The first-order valence-corrected chi connectivity index (χ1v) is 11.3. The maximum atomic E-state index is 6.40. The largest absolute Gasteiger partial charge is 0.376 e. The van der Waals surface area contributed by atoms with Crippen LogP contribution in [0.2, 0.25) is 0 Å². The van der Waals surface area contributed by atoms with Gasteiger partial charge in [0.1, 0.15) is 0 Å². The van der Waals surface area contributed by atoms with Crippen molar-refractivity contribution in [2.75, 3.05) is 45.9 Å². The Morgan fingerprint density at radius 1 is 1.00 bits per heavy atom. The summed E-state index contributed by atoms with van der Waals surface area (Å²) in [7, 11) is 0. The van der Waals surface area contributed by atoms with E-state index in [9.17, 15) is 0 Å². The fourth-order valence-electron chi connectivity index (χ4n) is 5.89.